The fraction of sp³-hybridized carbons (Fsp3) is 0.250. The third-order valence-corrected chi connectivity index (χ3v) is 3.83. The highest BCUT2D eigenvalue weighted by Gasteiger charge is 2.37. The lowest BCUT2D eigenvalue weighted by Crippen LogP contribution is -2.27. The Morgan fingerprint density at radius 2 is 2.00 bits per heavy atom. The molecule has 1 aromatic carbocycles. The Kier molecular flexibility index (Phi) is 3.15. The number of hydrogen-bond donors (Lipinski definition) is 2. The van der Waals surface area contributed by atoms with Crippen molar-refractivity contribution < 1.29 is 14.6 Å². The number of ketones is 1. The number of hydrogen-bond acceptors (Lipinski definition) is 5. The molecule has 5 nitrogen and oxygen atoms in total. The number of nitriles is 1. The molecule has 0 bridgehead atoms. The summed E-state index contributed by atoms with van der Waals surface area (Å²) in [5.41, 5.74) is 7.36. The number of phenols is 1. The summed E-state index contributed by atoms with van der Waals surface area (Å²) in [4.78, 5) is 12.3. The number of nitrogens with zero attached hydrogens (tertiary/aromatic N) is 1. The molecule has 1 aliphatic heterocycles. The van der Waals surface area contributed by atoms with E-state index in [2.05, 4.69) is 6.07 Å². The second-order valence-corrected chi connectivity index (χ2v) is 5.13. The van der Waals surface area contributed by atoms with Gasteiger partial charge in [0.05, 0.1) is 5.92 Å². The minimum Gasteiger partial charge on any atom is -0.508 e. The summed E-state index contributed by atoms with van der Waals surface area (Å²) < 4.78 is 5.48. The number of Topliss-reactive ketones (excluding diaryl/α,β-unsaturated/α-hetero) is 1. The number of rotatable bonds is 1. The molecule has 0 amide bonds. The Bertz CT molecular complexity index is 708. The van der Waals surface area contributed by atoms with Gasteiger partial charge in [-0.25, -0.2) is 0 Å². The lowest BCUT2D eigenvalue weighted by molar-refractivity contribution is -0.116. The number of phenolic OH excluding ortho intramolecular Hbond substituents is 1. The van der Waals surface area contributed by atoms with Crippen molar-refractivity contribution in [2.75, 3.05) is 0 Å². The molecule has 5 heteroatoms. The van der Waals surface area contributed by atoms with Crippen LogP contribution in [-0.2, 0) is 9.53 Å². The lowest BCUT2D eigenvalue weighted by Gasteiger charge is -2.30. The zero-order valence-corrected chi connectivity index (χ0v) is 11.3. The number of benzene rings is 1. The summed E-state index contributed by atoms with van der Waals surface area (Å²) in [6.07, 6.45) is 1.83. The number of nitrogens with two attached hydrogens (primary N) is 1. The first-order valence-corrected chi connectivity index (χ1v) is 6.74. The predicted molar refractivity (Wildman–Crippen MR) is 74.6 cm³/mol. The quantitative estimate of drug-likeness (QED) is 0.823. The summed E-state index contributed by atoms with van der Waals surface area (Å²) in [6.45, 7) is 0. The molecule has 0 saturated heterocycles. The zero-order valence-electron chi connectivity index (χ0n) is 11.3. The summed E-state index contributed by atoms with van der Waals surface area (Å²) in [5, 5.41) is 18.8. The SMILES string of the molecule is N#CC1=C(N)OC2=C(C(=O)CCC2)[C@@H]1c1ccc(O)cc1. The van der Waals surface area contributed by atoms with Gasteiger partial charge in [0.15, 0.2) is 5.78 Å². The largest absolute Gasteiger partial charge is 0.508 e. The zero-order chi connectivity index (χ0) is 15.0. The first-order valence-electron chi connectivity index (χ1n) is 6.74. The van der Waals surface area contributed by atoms with Crippen LogP contribution in [0.5, 0.6) is 5.75 Å². The molecule has 2 aliphatic rings. The Morgan fingerprint density at radius 1 is 1.29 bits per heavy atom. The number of aromatic hydroxyl groups is 1. The van der Waals surface area contributed by atoms with Crippen molar-refractivity contribution in [2.45, 2.75) is 25.2 Å². The van der Waals surface area contributed by atoms with E-state index in [0.29, 0.717) is 24.2 Å². The van der Waals surface area contributed by atoms with E-state index in [-0.39, 0.29) is 23.0 Å². The fourth-order valence-electron chi connectivity index (χ4n) is 2.86. The van der Waals surface area contributed by atoms with E-state index in [4.69, 9.17) is 10.5 Å². The molecule has 0 radical (unpaired) electrons. The molecule has 1 aliphatic carbocycles. The normalized spacial score (nSPS) is 21.7. The van der Waals surface area contributed by atoms with Gasteiger partial charge in [0.25, 0.3) is 0 Å². The van der Waals surface area contributed by atoms with Crippen LogP contribution in [0.4, 0.5) is 0 Å². The van der Waals surface area contributed by atoms with Gasteiger partial charge in [-0.15, -0.1) is 0 Å². The summed E-state index contributed by atoms with van der Waals surface area (Å²) in [5.74, 6) is 0.247. The third kappa shape index (κ3) is 2.15. The van der Waals surface area contributed by atoms with E-state index in [0.717, 1.165) is 12.0 Å². The van der Waals surface area contributed by atoms with Crippen LogP contribution in [0, 0.1) is 11.3 Å². The van der Waals surface area contributed by atoms with Crippen molar-refractivity contribution in [3.05, 3.63) is 52.6 Å². The molecule has 21 heavy (non-hydrogen) atoms. The van der Waals surface area contributed by atoms with Crippen LogP contribution < -0.4 is 5.73 Å². The molecule has 1 aromatic rings. The molecule has 3 N–H and O–H groups in total. The smallest absolute Gasteiger partial charge is 0.205 e. The van der Waals surface area contributed by atoms with Crippen molar-refractivity contribution in [2.24, 2.45) is 5.73 Å². The molecule has 0 saturated carbocycles. The van der Waals surface area contributed by atoms with Gasteiger partial charge in [-0.1, -0.05) is 12.1 Å². The summed E-state index contributed by atoms with van der Waals surface area (Å²) >= 11 is 0. The Morgan fingerprint density at radius 3 is 2.67 bits per heavy atom. The average Bonchev–Trinajstić information content (AvgIpc) is 2.47. The molecular weight excluding hydrogens is 268 g/mol. The van der Waals surface area contributed by atoms with E-state index in [9.17, 15) is 15.2 Å². The molecule has 0 spiro atoms. The van der Waals surface area contributed by atoms with Gasteiger partial charge in [0.1, 0.15) is 23.2 Å². The maximum Gasteiger partial charge on any atom is 0.205 e. The van der Waals surface area contributed by atoms with Crippen LogP contribution in [0.1, 0.15) is 30.7 Å². The first kappa shape index (κ1) is 13.3. The maximum atomic E-state index is 12.3. The van der Waals surface area contributed by atoms with Crippen molar-refractivity contribution in [3.8, 4) is 11.8 Å². The van der Waals surface area contributed by atoms with Crippen molar-refractivity contribution >= 4 is 5.78 Å². The summed E-state index contributed by atoms with van der Waals surface area (Å²) in [7, 11) is 0. The van der Waals surface area contributed by atoms with E-state index in [1.165, 1.54) is 12.1 Å². The monoisotopic (exact) mass is 282 g/mol. The molecule has 0 fully saturated rings. The van der Waals surface area contributed by atoms with Gasteiger partial charge in [0, 0.05) is 18.4 Å². The molecule has 0 unspecified atom stereocenters. The molecule has 1 atom stereocenters. The lowest BCUT2D eigenvalue weighted by atomic mass is 9.77. The van der Waals surface area contributed by atoms with Gasteiger partial charge < -0.3 is 15.6 Å². The van der Waals surface area contributed by atoms with Crippen molar-refractivity contribution in [3.63, 3.8) is 0 Å². The molecule has 1 heterocycles. The van der Waals surface area contributed by atoms with Crippen LogP contribution >= 0.6 is 0 Å². The van der Waals surface area contributed by atoms with Gasteiger partial charge in [0.2, 0.25) is 5.88 Å². The van der Waals surface area contributed by atoms with E-state index in [1.54, 1.807) is 12.1 Å². The van der Waals surface area contributed by atoms with E-state index < -0.39 is 5.92 Å². The maximum absolute atomic E-state index is 12.3. The van der Waals surface area contributed by atoms with Crippen LogP contribution in [0.25, 0.3) is 0 Å². The fourth-order valence-corrected chi connectivity index (χ4v) is 2.86. The van der Waals surface area contributed by atoms with Crippen molar-refractivity contribution in [1.29, 1.82) is 5.26 Å². The van der Waals surface area contributed by atoms with Gasteiger partial charge >= 0.3 is 0 Å². The van der Waals surface area contributed by atoms with Crippen LogP contribution in [0.2, 0.25) is 0 Å². The number of ether oxygens (including phenoxy) is 1. The molecule has 0 aromatic heterocycles. The second kappa shape index (κ2) is 4.98. The topological polar surface area (TPSA) is 96.3 Å². The highest BCUT2D eigenvalue weighted by Crippen LogP contribution is 2.43. The van der Waals surface area contributed by atoms with E-state index >= 15 is 0 Å². The number of allylic oxidation sites excluding steroid dienone is 3. The van der Waals surface area contributed by atoms with Crippen LogP contribution in [0.15, 0.2) is 47.1 Å². The number of carbonyl (C=O) groups excluding carboxylic acids is 1. The van der Waals surface area contributed by atoms with Gasteiger partial charge in [-0.2, -0.15) is 5.26 Å². The minimum atomic E-state index is -0.507. The standard InChI is InChI=1S/C16H14N2O3/c17-8-11-14(9-4-6-10(19)7-5-9)15-12(20)2-1-3-13(15)21-16(11)18/h4-7,14,19H,1-3,18H2/t14-/m1/s1. The Hall–Kier alpha value is -2.74. The van der Waals surface area contributed by atoms with Crippen molar-refractivity contribution in [1.82, 2.24) is 0 Å². The van der Waals surface area contributed by atoms with Gasteiger partial charge in [-0.05, 0) is 24.1 Å². The second-order valence-electron chi connectivity index (χ2n) is 5.13. The Balaban J connectivity index is 2.17. The van der Waals surface area contributed by atoms with Gasteiger partial charge in [-0.3, -0.25) is 4.79 Å². The van der Waals surface area contributed by atoms with E-state index in [1.807, 2.05) is 0 Å². The highest BCUT2D eigenvalue weighted by atomic mass is 16.5. The molecular formula is C16H14N2O3. The third-order valence-electron chi connectivity index (χ3n) is 3.83. The first-order chi connectivity index (χ1) is 10.1. The minimum absolute atomic E-state index is 0.00502. The number of carbonyl (C=O) groups is 1. The summed E-state index contributed by atoms with van der Waals surface area (Å²) in [6, 6.07) is 8.51. The highest BCUT2D eigenvalue weighted by molar-refractivity contribution is 5.99. The van der Waals surface area contributed by atoms with Crippen LogP contribution in [-0.4, -0.2) is 10.9 Å². The molecule has 3 rings (SSSR count). The average molecular weight is 282 g/mol. The Labute approximate surface area is 121 Å². The predicted octanol–water partition coefficient (Wildman–Crippen LogP) is 2.21. The van der Waals surface area contributed by atoms with Crippen LogP contribution in [0.3, 0.4) is 0 Å². The molecule has 106 valence electrons.